The standard InChI is InChI=1S/C13H16N2O4/c1-19-13-3-2-10(8-12(13)15(17)18)9-14-6-4-11(16)5-7-14/h2-3,8H,4-7,9H2,1H3. The van der Waals surface area contributed by atoms with Gasteiger partial charge in [0.15, 0.2) is 5.75 Å². The number of methoxy groups -OCH3 is 1. The fourth-order valence-electron chi connectivity index (χ4n) is 2.20. The van der Waals surface area contributed by atoms with E-state index in [4.69, 9.17) is 4.74 Å². The average molecular weight is 264 g/mol. The number of piperidine rings is 1. The van der Waals surface area contributed by atoms with Crippen molar-refractivity contribution in [3.63, 3.8) is 0 Å². The molecule has 1 heterocycles. The third kappa shape index (κ3) is 3.29. The van der Waals surface area contributed by atoms with E-state index in [9.17, 15) is 14.9 Å². The van der Waals surface area contributed by atoms with Crippen molar-refractivity contribution >= 4 is 11.5 Å². The molecule has 1 aromatic carbocycles. The van der Waals surface area contributed by atoms with E-state index in [1.165, 1.54) is 13.2 Å². The Kier molecular flexibility index (Phi) is 4.11. The van der Waals surface area contributed by atoms with Crippen LogP contribution < -0.4 is 4.74 Å². The number of likely N-dealkylation sites (tertiary alicyclic amines) is 1. The molecule has 1 saturated heterocycles. The van der Waals surface area contributed by atoms with Crippen LogP contribution in [0.3, 0.4) is 0 Å². The summed E-state index contributed by atoms with van der Waals surface area (Å²) in [7, 11) is 1.41. The molecule has 0 aliphatic carbocycles. The highest BCUT2D eigenvalue weighted by Gasteiger charge is 2.19. The van der Waals surface area contributed by atoms with Crippen LogP contribution in [0.2, 0.25) is 0 Å². The second-order valence-corrected chi connectivity index (χ2v) is 4.58. The molecule has 2 rings (SSSR count). The Balaban J connectivity index is 2.10. The highest BCUT2D eigenvalue weighted by molar-refractivity contribution is 5.79. The number of carbonyl (C=O) groups is 1. The maximum Gasteiger partial charge on any atom is 0.311 e. The van der Waals surface area contributed by atoms with Gasteiger partial charge in [-0.05, 0) is 11.6 Å². The van der Waals surface area contributed by atoms with E-state index < -0.39 is 4.92 Å². The zero-order valence-electron chi connectivity index (χ0n) is 10.8. The maximum absolute atomic E-state index is 11.2. The van der Waals surface area contributed by atoms with Crippen molar-refractivity contribution < 1.29 is 14.5 Å². The number of hydrogen-bond donors (Lipinski definition) is 0. The molecular weight excluding hydrogens is 248 g/mol. The van der Waals surface area contributed by atoms with Crippen molar-refractivity contribution in [3.8, 4) is 5.75 Å². The van der Waals surface area contributed by atoms with E-state index in [2.05, 4.69) is 4.90 Å². The number of rotatable bonds is 4. The SMILES string of the molecule is COc1ccc(CN2CCC(=O)CC2)cc1[N+](=O)[O-]. The lowest BCUT2D eigenvalue weighted by Crippen LogP contribution is -2.33. The fourth-order valence-corrected chi connectivity index (χ4v) is 2.20. The molecule has 0 atom stereocenters. The van der Waals surface area contributed by atoms with Crippen LogP contribution in [-0.4, -0.2) is 35.8 Å². The van der Waals surface area contributed by atoms with Gasteiger partial charge >= 0.3 is 5.69 Å². The van der Waals surface area contributed by atoms with Gasteiger partial charge < -0.3 is 4.74 Å². The Morgan fingerprint density at radius 1 is 1.37 bits per heavy atom. The zero-order chi connectivity index (χ0) is 13.8. The molecule has 1 aromatic rings. The molecule has 0 saturated carbocycles. The van der Waals surface area contributed by atoms with Crippen LogP contribution in [0.5, 0.6) is 5.75 Å². The van der Waals surface area contributed by atoms with Crippen molar-refractivity contribution in [1.29, 1.82) is 0 Å². The van der Waals surface area contributed by atoms with Crippen LogP contribution in [-0.2, 0) is 11.3 Å². The summed E-state index contributed by atoms with van der Waals surface area (Å²) in [6, 6.07) is 4.97. The number of ketones is 1. The maximum atomic E-state index is 11.2. The molecule has 1 aliphatic rings. The van der Waals surface area contributed by atoms with E-state index >= 15 is 0 Å². The van der Waals surface area contributed by atoms with Crippen molar-refractivity contribution in [3.05, 3.63) is 33.9 Å². The average Bonchev–Trinajstić information content (AvgIpc) is 2.41. The van der Waals surface area contributed by atoms with Gasteiger partial charge in [0, 0.05) is 38.5 Å². The van der Waals surface area contributed by atoms with Gasteiger partial charge in [-0.25, -0.2) is 0 Å². The van der Waals surface area contributed by atoms with Crippen LogP contribution in [0.4, 0.5) is 5.69 Å². The minimum Gasteiger partial charge on any atom is -0.490 e. The van der Waals surface area contributed by atoms with Crippen molar-refractivity contribution in [2.45, 2.75) is 19.4 Å². The Morgan fingerprint density at radius 3 is 2.63 bits per heavy atom. The molecule has 0 amide bonds. The first kappa shape index (κ1) is 13.5. The quantitative estimate of drug-likeness (QED) is 0.612. The van der Waals surface area contributed by atoms with Crippen LogP contribution in [0.1, 0.15) is 18.4 Å². The Bertz CT molecular complexity index is 491. The van der Waals surface area contributed by atoms with Crippen LogP contribution >= 0.6 is 0 Å². The molecule has 1 fully saturated rings. The van der Waals surface area contributed by atoms with Gasteiger partial charge in [0.1, 0.15) is 5.78 Å². The molecule has 0 N–H and O–H groups in total. The van der Waals surface area contributed by atoms with Crippen molar-refractivity contribution in [1.82, 2.24) is 4.90 Å². The lowest BCUT2D eigenvalue weighted by atomic mass is 10.1. The molecule has 6 nitrogen and oxygen atoms in total. The van der Waals surface area contributed by atoms with E-state index in [-0.39, 0.29) is 17.2 Å². The van der Waals surface area contributed by atoms with Gasteiger partial charge in [-0.1, -0.05) is 6.07 Å². The molecule has 6 heteroatoms. The largest absolute Gasteiger partial charge is 0.490 e. The molecule has 19 heavy (non-hydrogen) atoms. The fraction of sp³-hybridized carbons (Fsp3) is 0.462. The molecular formula is C13H16N2O4. The molecule has 0 bridgehead atoms. The van der Waals surface area contributed by atoms with Crippen LogP contribution in [0.15, 0.2) is 18.2 Å². The number of carbonyl (C=O) groups excluding carboxylic acids is 1. The summed E-state index contributed by atoms with van der Waals surface area (Å²) in [6.45, 7) is 2.06. The predicted molar refractivity (Wildman–Crippen MR) is 69.2 cm³/mol. The smallest absolute Gasteiger partial charge is 0.311 e. The first-order valence-corrected chi connectivity index (χ1v) is 6.15. The van der Waals surface area contributed by atoms with E-state index in [1.807, 2.05) is 6.07 Å². The number of ether oxygens (including phenoxy) is 1. The second kappa shape index (κ2) is 5.79. The zero-order valence-corrected chi connectivity index (χ0v) is 10.8. The highest BCUT2D eigenvalue weighted by Crippen LogP contribution is 2.28. The lowest BCUT2D eigenvalue weighted by molar-refractivity contribution is -0.385. The van der Waals surface area contributed by atoms with Gasteiger partial charge in [-0.2, -0.15) is 0 Å². The molecule has 0 radical (unpaired) electrons. The molecule has 102 valence electrons. The summed E-state index contributed by atoms with van der Waals surface area (Å²) >= 11 is 0. The summed E-state index contributed by atoms with van der Waals surface area (Å²) in [4.78, 5) is 23.8. The molecule has 1 aliphatic heterocycles. The van der Waals surface area contributed by atoms with E-state index in [0.717, 1.165) is 18.7 Å². The normalized spacial score (nSPS) is 16.4. The topological polar surface area (TPSA) is 72.7 Å². The molecule has 0 aromatic heterocycles. The minimum atomic E-state index is -0.442. The summed E-state index contributed by atoms with van der Waals surface area (Å²) in [6.07, 6.45) is 1.14. The summed E-state index contributed by atoms with van der Waals surface area (Å²) < 4.78 is 4.97. The monoisotopic (exact) mass is 264 g/mol. The number of benzene rings is 1. The Labute approximate surface area is 111 Å². The van der Waals surface area contributed by atoms with Gasteiger partial charge in [0.25, 0.3) is 0 Å². The van der Waals surface area contributed by atoms with Crippen LogP contribution in [0, 0.1) is 10.1 Å². The highest BCUT2D eigenvalue weighted by atomic mass is 16.6. The second-order valence-electron chi connectivity index (χ2n) is 4.58. The predicted octanol–water partition coefficient (Wildman–Crippen LogP) is 1.77. The van der Waals surface area contributed by atoms with Crippen LogP contribution in [0.25, 0.3) is 0 Å². The lowest BCUT2D eigenvalue weighted by Gasteiger charge is -2.25. The van der Waals surface area contributed by atoms with Gasteiger partial charge in [0.05, 0.1) is 12.0 Å². The van der Waals surface area contributed by atoms with E-state index in [1.54, 1.807) is 6.07 Å². The Morgan fingerprint density at radius 2 is 2.05 bits per heavy atom. The van der Waals surface area contributed by atoms with Crippen molar-refractivity contribution in [2.24, 2.45) is 0 Å². The van der Waals surface area contributed by atoms with Crippen molar-refractivity contribution in [2.75, 3.05) is 20.2 Å². The first-order chi connectivity index (χ1) is 9.10. The summed E-state index contributed by atoms with van der Waals surface area (Å²) in [5, 5.41) is 10.9. The van der Waals surface area contributed by atoms with Gasteiger partial charge in [-0.15, -0.1) is 0 Å². The van der Waals surface area contributed by atoms with Gasteiger partial charge in [-0.3, -0.25) is 19.8 Å². The minimum absolute atomic E-state index is 0.0203. The number of hydrogen-bond acceptors (Lipinski definition) is 5. The molecule has 0 unspecified atom stereocenters. The number of Topliss-reactive ketones (excluding diaryl/α,β-unsaturated/α-hetero) is 1. The summed E-state index contributed by atoms with van der Waals surface area (Å²) in [5.74, 6) is 0.555. The molecule has 0 spiro atoms. The first-order valence-electron chi connectivity index (χ1n) is 6.15. The number of nitrogens with zero attached hydrogens (tertiary/aromatic N) is 2. The third-order valence-corrected chi connectivity index (χ3v) is 3.26. The number of nitro benzene ring substituents is 1. The van der Waals surface area contributed by atoms with Gasteiger partial charge in [0.2, 0.25) is 0 Å². The third-order valence-electron chi connectivity index (χ3n) is 3.26. The summed E-state index contributed by atoms with van der Waals surface area (Å²) in [5.41, 5.74) is 0.843. The van der Waals surface area contributed by atoms with E-state index in [0.29, 0.717) is 19.4 Å². The Hall–Kier alpha value is -1.95. The number of nitro groups is 1.